The van der Waals surface area contributed by atoms with E-state index >= 15 is 0 Å². The van der Waals surface area contributed by atoms with Gasteiger partial charge in [-0.15, -0.1) is 0 Å². The molecule has 4 nitrogen and oxygen atoms in total. The molecule has 2 atom stereocenters. The Hall–Kier alpha value is -1.55. The van der Waals surface area contributed by atoms with Crippen molar-refractivity contribution in [2.24, 2.45) is 11.7 Å². The molecule has 0 aliphatic rings. The Bertz CT molecular complexity index is 405. The number of likely N-dealkylation sites (N-methyl/N-ethyl adjacent to an activating group) is 1. The normalized spacial score (nSPS) is 13.9. The van der Waals surface area contributed by atoms with Gasteiger partial charge < -0.3 is 16.0 Å². The van der Waals surface area contributed by atoms with Crippen LogP contribution in [-0.4, -0.2) is 31.6 Å². The molecule has 1 unspecified atom stereocenters. The maximum atomic E-state index is 11.9. The van der Waals surface area contributed by atoms with E-state index in [9.17, 15) is 4.79 Å². The Labute approximate surface area is 122 Å². The number of para-hydroxylation sites is 1. The van der Waals surface area contributed by atoms with Crippen molar-refractivity contribution in [1.82, 2.24) is 5.32 Å². The summed E-state index contributed by atoms with van der Waals surface area (Å²) in [6, 6.07) is 9.93. The van der Waals surface area contributed by atoms with Crippen LogP contribution < -0.4 is 16.0 Å². The fourth-order valence-electron chi connectivity index (χ4n) is 2.05. The van der Waals surface area contributed by atoms with Crippen molar-refractivity contribution < 1.29 is 4.79 Å². The molecule has 4 heteroatoms. The van der Waals surface area contributed by atoms with Gasteiger partial charge in [0.15, 0.2) is 0 Å². The van der Waals surface area contributed by atoms with Crippen LogP contribution in [-0.2, 0) is 4.79 Å². The largest absolute Gasteiger partial charge is 0.370 e. The zero-order valence-electron chi connectivity index (χ0n) is 13.0. The van der Waals surface area contributed by atoms with E-state index < -0.39 is 6.04 Å². The van der Waals surface area contributed by atoms with Crippen molar-refractivity contribution in [3.8, 4) is 0 Å². The van der Waals surface area contributed by atoms with Crippen LogP contribution >= 0.6 is 0 Å². The standard InChI is InChI=1S/C16H27N3O/c1-12(2)10-15(17)16(20)18-11-13(3)19(4)14-8-6-5-7-9-14/h5-9,12-13,15H,10-11,17H2,1-4H3,(H,18,20)/t13?,15-/m0/s1. The summed E-state index contributed by atoms with van der Waals surface area (Å²) in [5.41, 5.74) is 7.01. The third-order valence-corrected chi connectivity index (χ3v) is 3.46. The van der Waals surface area contributed by atoms with E-state index in [1.165, 1.54) is 0 Å². The number of anilines is 1. The topological polar surface area (TPSA) is 58.4 Å². The molecule has 0 aromatic heterocycles. The molecule has 0 spiro atoms. The van der Waals surface area contributed by atoms with Gasteiger partial charge in [-0.2, -0.15) is 0 Å². The van der Waals surface area contributed by atoms with Gasteiger partial charge in [0, 0.05) is 25.3 Å². The van der Waals surface area contributed by atoms with Gasteiger partial charge >= 0.3 is 0 Å². The minimum atomic E-state index is -0.413. The van der Waals surface area contributed by atoms with Crippen LogP contribution in [0.2, 0.25) is 0 Å². The highest BCUT2D eigenvalue weighted by Gasteiger charge is 2.16. The van der Waals surface area contributed by atoms with Crippen LogP contribution in [0.4, 0.5) is 5.69 Å². The molecule has 0 aliphatic carbocycles. The molecule has 0 saturated heterocycles. The lowest BCUT2D eigenvalue weighted by atomic mass is 10.0. The molecule has 1 aromatic rings. The monoisotopic (exact) mass is 277 g/mol. The highest BCUT2D eigenvalue weighted by Crippen LogP contribution is 2.13. The number of hydrogen-bond acceptors (Lipinski definition) is 3. The molecule has 0 aliphatic heterocycles. The predicted octanol–water partition coefficient (Wildman–Crippen LogP) is 2.00. The molecule has 0 heterocycles. The number of carbonyl (C=O) groups excluding carboxylic acids is 1. The SMILES string of the molecule is CC(C)C[C@H](N)C(=O)NCC(C)N(C)c1ccccc1. The van der Waals surface area contributed by atoms with Crippen molar-refractivity contribution in [3.05, 3.63) is 30.3 Å². The number of nitrogens with one attached hydrogen (secondary N) is 1. The molecule has 3 N–H and O–H groups in total. The van der Waals surface area contributed by atoms with Crippen LogP contribution in [0.5, 0.6) is 0 Å². The first-order valence-electron chi connectivity index (χ1n) is 7.23. The highest BCUT2D eigenvalue weighted by atomic mass is 16.2. The first kappa shape index (κ1) is 16.5. The number of amides is 1. The summed E-state index contributed by atoms with van der Waals surface area (Å²) in [7, 11) is 2.03. The molecule has 0 fully saturated rings. The molecular formula is C16H27N3O. The van der Waals surface area contributed by atoms with Crippen molar-refractivity contribution in [3.63, 3.8) is 0 Å². The predicted molar refractivity (Wildman–Crippen MR) is 84.7 cm³/mol. The third kappa shape index (κ3) is 5.21. The van der Waals surface area contributed by atoms with E-state index in [-0.39, 0.29) is 11.9 Å². The lowest BCUT2D eigenvalue weighted by molar-refractivity contribution is -0.122. The lowest BCUT2D eigenvalue weighted by Gasteiger charge is -2.27. The van der Waals surface area contributed by atoms with E-state index in [4.69, 9.17) is 5.73 Å². The van der Waals surface area contributed by atoms with Crippen molar-refractivity contribution in [1.29, 1.82) is 0 Å². The Morgan fingerprint density at radius 2 is 1.85 bits per heavy atom. The van der Waals surface area contributed by atoms with E-state index in [2.05, 4.69) is 43.1 Å². The number of benzene rings is 1. The summed E-state index contributed by atoms with van der Waals surface area (Å²) in [4.78, 5) is 14.0. The Kier molecular flexibility index (Phi) is 6.52. The van der Waals surface area contributed by atoms with Crippen molar-refractivity contribution >= 4 is 11.6 Å². The molecule has 1 rings (SSSR count). The van der Waals surface area contributed by atoms with E-state index in [1.54, 1.807) is 0 Å². The fourth-order valence-corrected chi connectivity index (χ4v) is 2.05. The van der Waals surface area contributed by atoms with Crippen LogP contribution in [0.25, 0.3) is 0 Å². The third-order valence-electron chi connectivity index (χ3n) is 3.46. The Morgan fingerprint density at radius 1 is 1.25 bits per heavy atom. The molecule has 0 radical (unpaired) electrons. The number of rotatable bonds is 7. The minimum Gasteiger partial charge on any atom is -0.370 e. The molecular weight excluding hydrogens is 250 g/mol. The number of carbonyl (C=O) groups is 1. The van der Waals surface area contributed by atoms with Crippen LogP contribution in [0.1, 0.15) is 27.2 Å². The number of nitrogens with zero attached hydrogens (tertiary/aromatic N) is 1. The summed E-state index contributed by atoms with van der Waals surface area (Å²) < 4.78 is 0. The minimum absolute atomic E-state index is 0.0630. The first-order valence-corrected chi connectivity index (χ1v) is 7.23. The summed E-state index contributed by atoms with van der Waals surface area (Å²) in [6.07, 6.45) is 0.717. The average molecular weight is 277 g/mol. The second-order valence-electron chi connectivity index (χ2n) is 5.78. The van der Waals surface area contributed by atoms with E-state index in [0.717, 1.165) is 12.1 Å². The highest BCUT2D eigenvalue weighted by molar-refractivity contribution is 5.81. The van der Waals surface area contributed by atoms with E-state index in [0.29, 0.717) is 12.5 Å². The Balaban J connectivity index is 2.43. The molecule has 112 valence electrons. The molecule has 0 bridgehead atoms. The van der Waals surface area contributed by atoms with Gasteiger partial charge in [-0.05, 0) is 31.4 Å². The summed E-state index contributed by atoms with van der Waals surface area (Å²) in [5.74, 6) is 0.368. The van der Waals surface area contributed by atoms with Gasteiger partial charge in [-0.1, -0.05) is 32.0 Å². The lowest BCUT2D eigenvalue weighted by Crippen LogP contribution is -2.46. The van der Waals surface area contributed by atoms with Crippen LogP contribution in [0.15, 0.2) is 30.3 Å². The quantitative estimate of drug-likeness (QED) is 0.801. The average Bonchev–Trinajstić information content (AvgIpc) is 2.43. The van der Waals surface area contributed by atoms with Gasteiger partial charge in [0.2, 0.25) is 5.91 Å². The second kappa shape index (κ2) is 7.90. The zero-order chi connectivity index (χ0) is 15.1. The molecule has 1 amide bonds. The summed E-state index contributed by atoms with van der Waals surface area (Å²) >= 11 is 0. The van der Waals surface area contributed by atoms with Crippen molar-refractivity contribution in [2.45, 2.75) is 39.3 Å². The summed E-state index contributed by atoms with van der Waals surface area (Å²) in [5, 5.41) is 2.93. The van der Waals surface area contributed by atoms with Crippen molar-refractivity contribution in [2.75, 3.05) is 18.5 Å². The Morgan fingerprint density at radius 3 is 2.40 bits per heavy atom. The maximum absolute atomic E-state index is 11.9. The number of nitrogens with two attached hydrogens (primary N) is 1. The maximum Gasteiger partial charge on any atom is 0.236 e. The fraction of sp³-hybridized carbons (Fsp3) is 0.562. The molecule has 0 saturated carbocycles. The molecule has 20 heavy (non-hydrogen) atoms. The van der Waals surface area contributed by atoms with Gasteiger partial charge in [0.05, 0.1) is 6.04 Å². The van der Waals surface area contributed by atoms with E-state index in [1.807, 2.05) is 25.2 Å². The van der Waals surface area contributed by atoms with Gasteiger partial charge in [-0.25, -0.2) is 0 Å². The van der Waals surface area contributed by atoms with Gasteiger partial charge in [-0.3, -0.25) is 4.79 Å². The molecule has 1 aromatic carbocycles. The first-order chi connectivity index (χ1) is 9.41. The smallest absolute Gasteiger partial charge is 0.236 e. The van der Waals surface area contributed by atoms with Crippen LogP contribution in [0, 0.1) is 5.92 Å². The second-order valence-corrected chi connectivity index (χ2v) is 5.78. The zero-order valence-corrected chi connectivity index (χ0v) is 13.0. The van der Waals surface area contributed by atoms with Gasteiger partial charge in [0.25, 0.3) is 0 Å². The van der Waals surface area contributed by atoms with Crippen LogP contribution in [0.3, 0.4) is 0 Å². The van der Waals surface area contributed by atoms with Gasteiger partial charge in [0.1, 0.15) is 0 Å². The number of hydrogen-bond donors (Lipinski definition) is 2. The summed E-state index contributed by atoms with van der Waals surface area (Å²) in [6.45, 7) is 6.81.